The van der Waals surface area contributed by atoms with Crippen molar-refractivity contribution in [1.29, 1.82) is 0 Å². The molecule has 0 bridgehead atoms. The van der Waals surface area contributed by atoms with Gasteiger partial charge in [-0.15, -0.1) is 0 Å². The fourth-order valence-electron chi connectivity index (χ4n) is 7.99. The molecule has 1 aliphatic carbocycles. The molecule has 2 aromatic carbocycles. The first-order chi connectivity index (χ1) is 24.5. The Morgan fingerprint density at radius 1 is 1.00 bits per heavy atom. The lowest BCUT2D eigenvalue weighted by Crippen LogP contribution is -2.67. The minimum absolute atomic E-state index is 0.102. The number of Topliss-reactive ketones (excluding diaryl/α,β-unsaturated/α-hetero) is 1. The Bertz CT molecular complexity index is 1740. The second kappa shape index (κ2) is 16.3. The molecule has 1 amide bonds. The number of fused-ring (bicyclic) bond motifs is 1. The number of hydrogen-bond donors (Lipinski definition) is 1. The van der Waals surface area contributed by atoms with Gasteiger partial charge < -0.3 is 24.1 Å². The molecule has 10 nitrogen and oxygen atoms in total. The maximum absolute atomic E-state index is 14.9. The normalized spacial score (nSPS) is 23.3. The van der Waals surface area contributed by atoms with Crippen molar-refractivity contribution >= 4 is 57.5 Å². The van der Waals surface area contributed by atoms with Crippen molar-refractivity contribution in [3.05, 3.63) is 63.8 Å². The second-order valence-electron chi connectivity index (χ2n) is 13.9. The van der Waals surface area contributed by atoms with Crippen LogP contribution in [0.2, 0.25) is 10.0 Å². The van der Waals surface area contributed by atoms with Gasteiger partial charge in [0, 0.05) is 74.8 Å². The van der Waals surface area contributed by atoms with E-state index in [2.05, 4.69) is 10.2 Å². The number of para-hydroxylation sites is 1. The average molecular weight is 746 g/mol. The number of hydrogen-bond acceptors (Lipinski definition) is 8. The van der Waals surface area contributed by atoms with Crippen LogP contribution in [0, 0.1) is 11.8 Å². The van der Waals surface area contributed by atoms with Gasteiger partial charge in [-0.05, 0) is 75.6 Å². The monoisotopic (exact) mass is 744 g/mol. The molecule has 276 valence electrons. The van der Waals surface area contributed by atoms with Gasteiger partial charge in [-0.3, -0.25) is 24.2 Å². The highest BCUT2D eigenvalue weighted by Crippen LogP contribution is 2.40. The number of benzene rings is 2. The molecule has 3 unspecified atom stereocenters. The molecule has 2 aliphatic heterocycles. The number of anilines is 1. The number of aryl methyl sites for hydroxylation is 1. The number of nitrogens with one attached hydrogen (secondary N) is 1. The minimum atomic E-state index is -1.47. The highest BCUT2D eigenvalue weighted by molar-refractivity contribution is 6.36. The van der Waals surface area contributed by atoms with Crippen molar-refractivity contribution in [2.75, 3.05) is 45.2 Å². The summed E-state index contributed by atoms with van der Waals surface area (Å²) in [5.74, 6) is -2.86. The Balaban J connectivity index is 1.27. The topological polar surface area (TPSA) is 102 Å². The van der Waals surface area contributed by atoms with E-state index < -0.39 is 18.1 Å². The molecule has 51 heavy (non-hydrogen) atoms. The van der Waals surface area contributed by atoms with Crippen LogP contribution >= 0.6 is 23.2 Å². The van der Waals surface area contributed by atoms with Gasteiger partial charge in [-0.2, -0.15) is 0 Å². The maximum atomic E-state index is 14.9. The fourth-order valence-corrected chi connectivity index (χ4v) is 8.45. The average Bonchev–Trinajstić information content (AvgIpc) is 3.91. The summed E-state index contributed by atoms with van der Waals surface area (Å²) in [6.07, 6.45) is 4.57. The largest absolute Gasteiger partial charge is 0.466 e. The third kappa shape index (κ3) is 7.84. The van der Waals surface area contributed by atoms with Gasteiger partial charge in [0.25, 0.3) is 5.91 Å². The van der Waals surface area contributed by atoms with E-state index in [1.807, 2.05) is 40.8 Å². The second-order valence-corrected chi connectivity index (χ2v) is 14.7. The van der Waals surface area contributed by atoms with Gasteiger partial charge in [0.2, 0.25) is 12.2 Å². The number of ketones is 1. The molecule has 0 spiro atoms. The summed E-state index contributed by atoms with van der Waals surface area (Å²) in [6, 6.07) is 10.8. The molecule has 13 heteroatoms. The molecule has 3 heterocycles. The Morgan fingerprint density at radius 2 is 1.73 bits per heavy atom. The summed E-state index contributed by atoms with van der Waals surface area (Å²) in [5.41, 5.74) is 2.23. The number of aromatic nitrogens is 1. The predicted molar refractivity (Wildman–Crippen MR) is 195 cm³/mol. The Labute approximate surface area is 308 Å². The van der Waals surface area contributed by atoms with Crippen LogP contribution in [-0.2, 0) is 37.3 Å². The zero-order chi connectivity index (χ0) is 36.3. The van der Waals surface area contributed by atoms with Crippen LogP contribution in [0.1, 0.15) is 67.8 Å². The highest BCUT2D eigenvalue weighted by atomic mass is 35.5. The van der Waals surface area contributed by atoms with Gasteiger partial charge >= 0.3 is 5.97 Å². The summed E-state index contributed by atoms with van der Waals surface area (Å²) >= 11 is 13.6. The van der Waals surface area contributed by atoms with E-state index in [0.29, 0.717) is 75.2 Å². The first-order valence-corrected chi connectivity index (χ1v) is 18.7. The smallest absolute Gasteiger partial charge is 0.308 e. The Morgan fingerprint density at radius 3 is 2.43 bits per heavy atom. The first-order valence-electron chi connectivity index (χ1n) is 17.9. The van der Waals surface area contributed by atoms with Gasteiger partial charge in [0.15, 0.2) is 5.78 Å². The molecule has 3 atom stereocenters. The minimum Gasteiger partial charge on any atom is -0.466 e. The predicted octanol–water partition coefficient (Wildman–Crippen LogP) is 7.00. The standard InChI is InChI=1S/C38H47Cl2FN4O6/c1-4-50-37(48)24-11-13-27(14-12-24)51-38(44-16-7-8-17-44,45-18-15-25(22-45)35(41)49-3)34(46)20-26-19-31(40)32(21-30(26)39)42-36(47)29-23-43(2)33-10-6-5-9-28(29)33/h5-6,9-10,19,21,23-25,27,35H,4,7-8,11-18,20,22H2,1-3H3,(H,42,47). The molecule has 1 N–H and O–H groups in total. The number of ether oxygens (including phenoxy) is 3. The number of carbonyl (C=O) groups is 3. The zero-order valence-corrected chi connectivity index (χ0v) is 31.0. The van der Waals surface area contributed by atoms with E-state index >= 15 is 0 Å². The first kappa shape index (κ1) is 37.7. The fraction of sp³-hybridized carbons (Fsp3) is 0.553. The molecule has 1 saturated carbocycles. The van der Waals surface area contributed by atoms with Gasteiger partial charge in [0.1, 0.15) is 0 Å². The summed E-state index contributed by atoms with van der Waals surface area (Å²) in [6.45, 7) is 4.14. The van der Waals surface area contributed by atoms with Crippen molar-refractivity contribution in [3.8, 4) is 0 Å². The number of amides is 1. The van der Waals surface area contributed by atoms with Crippen LogP contribution in [0.3, 0.4) is 0 Å². The maximum Gasteiger partial charge on any atom is 0.308 e. The highest BCUT2D eigenvalue weighted by Gasteiger charge is 2.55. The summed E-state index contributed by atoms with van der Waals surface area (Å²) < 4.78 is 34.1. The van der Waals surface area contributed by atoms with Crippen molar-refractivity contribution in [1.82, 2.24) is 14.4 Å². The molecule has 0 radical (unpaired) electrons. The van der Waals surface area contributed by atoms with Crippen LogP contribution in [0.4, 0.5) is 10.1 Å². The number of methoxy groups -OCH3 is 1. The molecular formula is C38H47Cl2FN4O6. The van der Waals surface area contributed by atoms with Gasteiger partial charge in [-0.1, -0.05) is 41.4 Å². The lowest BCUT2D eigenvalue weighted by Gasteiger charge is -2.48. The molecule has 2 saturated heterocycles. The number of likely N-dealkylation sites (tertiary alicyclic amines) is 2. The van der Waals surface area contributed by atoms with Crippen LogP contribution in [0.15, 0.2) is 42.6 Å². The van der Waals surface area contributed by atoms with Gasteiger partial charge in [0.05, 0.1) is 34.9 Å². The number of alkyl halides is 1. The number of halogens is 3. The zero-order valence-electron chi connectivity index (χ0n) is 29.5. The SMILES string of the molecule is CCOC(=O)C1CCC(OC(C(=O)Cc2cc(Cl)c(NC(=O)c3cn(C)c4ccccc34)cc2Cl)(N2CCCC2)N2CCC(C(F)OC)C2)CC1. The lowest BCUT2D eigenvalue weighted by molar-refractivity contribution is -0.253. The molecule has 6 rings (SSSR count). The molecular weight excluding hydrogens is 698 g/mol. The number of rotatable bonds is 13. The third-order valence-corrected chi connectivity index (χ3v) is 11.3. The molecule has 3 aromatic rings. The Hall–Kier alpha value is -3.06. The Kier molecular flexibility index (Phi) is 12.1. The van der Waals surface area contributed by atoms with E-state index in [-0.39, 0.29) is 52.7 Å². The van der Waals surface area contributed by atoms with E-state index in [0.717, 1.165) is 23.7 Å². The summed E-state index contributed by atoms with van der Waals surface area (Å²) in [4.78, 5) is 44.9. The van der Waals surface area contributed by atoms with Crippen LogP contribution in [-0.4, -0.2) is 90.2 Å². The summed E-state index contributed by atoms with van der Waals surface area (Å²) in [5, 5.41) is 4.21. The quantitative estimate of drug-likeness (QED) is 0.187. The molecule has 3 fully saturated rings. The third-order valence-electron chi connectivity index (χ3n) is 10.6. The van der Waals surface area contributed by atoms with E-state index in [4.69, 9.17) is 37.4 Å². The number of esters is 1. The van der Waals surface area contributed by atoms with E-state index in [9.17, 15) is 18.8 Å². The van der Waals surface area contributed by atoms with E-state index in [1.54, 1.807) is 25.3 Å². The van der Waals surface area contributed by atoms with Crippen LogP contribution < -0.4 is 5.32 Å². The molecule has 3 aliphatic rings. The van der Waals surface area contributed by atoms with E-state index in [1.165, 1.54) is 7.11 Å². The van der Waals surface area contributed by atoms with Crippen molar-refractivity contribution in [2.24, 2.45) is 18.9 Å². The molecule has 1 aromatic heterocycles. The van der Waals surface area contributed by atoms with Crippen LogP contribution in [0.5, 0.6) is 0 Å². The van der Waals surface area contributed by atoms with Crippen molar-refractivity contribution < 1.29 is 33.0 Å². The lowest BCUT2D eigenvalue weighted by atomic mass is 9.87. The van der Waals surface area contributed by atoms with Gasteiger partial charge in [-0.25, -0.2) is 4.39 Å². The number of nitrogens with zero attached hydrogens (tertiary/aromatic N) is 3. The number of carbonyl (C=O) groups excluding carboxylic acids is 3. The summed E-state index contributed by atoms with van der Waals surface area (Å²) in [7, 11) is 3.23. The van der Waals surface area contributed by atoms with Crippen molar-refractivity contribution in [3.63, 3.8) is 0 Å². The van der Waals surface area contributed by atoms with Crippen molar-refractivity contribution in [2.45, 2.75) is 76.6 Å². The van der Waals surface area contributed by atoms with Crippen LogP contribution in [0.25, 0.3) is 10.9 Å².